The van der Waals surface area contributed by atoms with E-state index in [9.17, 15) is 14.9 Å². The van der Waals surface area contributed by atoms with Crippen molar-refractivity contribution in [3.05, 3.63) is 38.9 Å². The van der Waals surface area contributed by atoms with E-state index in [0.29, 0.717) is 0 Å². The molecule has 0 amide bonds. The second-order valence-electron chi connectivity index (χ2n) is 3.65. The number of hydrogen-bond acceptors (Lipinski definition) is 6. The number of benzene rings is 1. The van der Waals surface area contributed by atoms with Gasteiger partial charge in [0.05, 0.1) is 41.8 Å². The van der Waals surface area contributed by atoms with E-state index >= 15 is 0 Å². The minimum Gasteiger partial charge on any atom is -0.466 e. The molecule has 19 heavy (non-hydrogen) atoms. The Morgan fingerprint density at radius 3 is 2.68 bits per heavy atom. The van der Waals surface area contributed by atoms with Crippen LogP contribution in [0.25, 0.3) is 0 Å². The number of carbonyl (C=O) groups excluding carboxylic acids is 1. The molecular weight excluding hydrogens is 252 g/mol. The molecule has 1 N–H and O–H groups in total. The van der Waals surface area contributed by atoms with Crippen molar-refractivity contribution in [2.45, 2.75) is 20.0 Å². The Morgan fingerprint density at radius 2 is 2.21 bits per heavy atom. The number of nitro benzene ring substituents is 1. The molecule has 0 saturated heterocycles. The van der Waals surface area contributed by atoms with Gasteiger partial charge in [0.2, 0.25) is 0 Å². The molecule has 0 bridgehead atoms. The summed E-state index contributed by atoms with van der Waals surface area (Å²) in [5.41, 5.74) is 0.0440. The molecule has 0 atom stereocenters. The van der Waals surface area contributed by atoms with Gasteiger partial charge < -0.3 is 9.84 Å². The minimum absolute atomic E-state index is 0.0363. The van der Waals surface area contributed by atoms with Crippen molar-refractivity contribution in [1.82, 2.24) is 0 Å². The summed E-state index contributed by atoms with van der Waals surface area (Å²) >= 11 is 0. The number of nitro groups is 1. The van der Waals surface area contributed by atoms with Crippen LogP contribution < -0.4 is 0 Å². The average molecular weight is 264 g/mol. The van der Waals surface area contributed by atoms with E-state index in [1.54, 1.807) is 6.92 Å². The second-order valence-corrected chi connectivity index (χ2v) is 3.65. The van der Waals surface area contributed by atoms with Gasteiger partial charge in [-0.25, -0.2) is 0 Å². The van der Waals surface area contributed by atoms with Crippen molar-refractivity contribution < 1.29 is 19.6 Å². The maximum absolute atomic E-state index is 11.4. The molecule has 1 aromatic carbocycles. The van der Waals surface area contributed by atoms with Gasteiger partial charge in [-0.2, -0.15) is 5.26 Å². The lowest BCUT2D eigenvalue weighted by Gasteiger charge is -2.07. The summed E-state index contributed by atoms with van der Waals surface area (Å²) in [4.78, 5) is 21.5. The van der Waals surface area contributed by atoms with Gasteiger partial charge in [0.1, 0.15) is 0 Å². The highest BCUT2D eigenvalue weighted by atomic mass is 16.6. The number of nitrogens with zero attached hydrogens (tertiary/aromatic N) is 2. The molecule has 1 rings (SSSR count). The average Bonchev–Trinajstić information content (AvgIpc) is 2.38. The predicted octanol–water partition coefficient (Wildman–Crippen LogP) is 1.06. The maximum atomic E-state index is 11.4. The van der Waals surface area contributed by atoms with Crippen LogP contribution in [0.2, 0.25) is 0 Å². The number of nitriles is 1. The summed E-state index contributed by atoms with van der Waals surface area (Å²) in [6.45, 7) is 1.28. The Balaban J connectivity index is 3.23. The van der Waals surface area contributed by atoms with E-state index < -0.39 is 17.5 Å². The molecule has 7 heteroatoms. The van der Waals surface area contributed by atoms with E-state index in [2.05, 4.69) is 0 Å². The number of aliphatic hydroxyl groups excluding tert-OH is 1. The van der Waals surface area contributed by atoms with Gasteiger partial charge in [-0.3, -0.25) is 14.9 Å². The lowest BCUT2D eigenvalue weighted by atomic mass is 10.0. The normalized spacial score (nSPS) is 9.74. The highest BCUT2D eigenvalue weighted by Crippen LogP contribution is 2.24. The zero-order valence-electron chi connectivity index (χ0n) is 10.3. The summed E-state index contributed by atoms with van der Waals surface area (Å²) in [5.74, 6) is -0.565. The fourth-order valence-corrected chi connectivity index (χ4v) is 1.59. The van der Waals surface area contributed by atoms with Crippen molar-refractivity contribution in [3.63, 3.8) is 0 Å². The van der Waals surface area contributed by atoms with Crippen molar-refractivity contribution in [1.29, 1.82) is 5.26 Å². The Hall–Kier alpha value is -2.46. The van der Waals surface area contributed by atoms with Gasteiger partial charge in [0, 0.05) is 6.07 Å². The Kier molecular flexibility index (Phi) is 4.97. The highest BCUT2D eigenvalue weighted by molar-refractivity contribution is 5.74. The van der Waals surface area contributed by atoms with Gasteiger partial charge in [-0.05, 0) is 18.6 Å². The number of hydrogen-bond donors (Lipinski definition) is 1. The molecule has 0 aliphatic carbocycles. The molecule has 1 aromatic rings. The van der Waals surface area contributed by atoms with Crippen molar-refractivity contribution in [2.75, 3.05) is 6.61 Å². The third-order valence-corrected chi connectivity index (χ3v) is 2.43. The smallest absolute Gasteiger partial charge is 0.310 e. The summed E-state index contributed by atoms with van der Waals surface area (Å²) in [7, 11) is 0. The summed E-state index contributed by atoms with van der Waals surface area (Å²) in [6, 6.07) is 4.18. The van der Waals surface area contributed by atoms with Crippen molar-refractivity contribution in [3.8, 4) is 6.07 Å². The summed E-state index contributed by atoms with van der Waals surface area (Å²) < 4.78 is 4.73. The Bertz CT molecular complexity index is 548. The van der Waals surface area contributed by atoms with Crippen LogP contribution in [-0.2, 0) is 22.6 Å². The molecule has 0 spiro atoms. The van der Waals surface area contributed by atoms with Crippen molar-refractivity contribution >= 4 is 11.7 Å². The second kappa shape index (κ2) is 6.47. The largest absolute Gasteiger partial charge is 0.466 e. The lowest BCUT2D eigenvalue weighted by Crippen LogP contribution is -2.10. The third kappa shape index (κ3) is 3.50. The number of esters is 1. The first-order valence-electron chi connectivity index (χ1n) is 5.50. The van der Waals surface area contributed by atoms with Crippen LogP contribution in [0, 0.1) is 21.4 Å². The molecule has 0 saturated carbocycles. The number of ether oxygens (including phenoxy) is 1. The molecule has 100 valence electrons. The highest BCUT2D eigenvalue weighted by Gasteiger charge is 2.19. The molecule has 0 unspecified atom stereocenters. The molecule has 7 nitrogen and oxygen atoms in total. The van der Waals surface area contributed by atoms with E-state index in [4.69, 9.17) is 15.1 Å². The number of aliphatic hydroxyl groups is 1. The zero-order valence-corrected chi connectivity index (χ0v) is 10.3. The zero-order chi connectivity index (χ0) is 14.4. The molecule has 0 aliphatic heterocycles. The standard InChI is InChI=1S/C12H12N2O5/c1-2-19-12(16)5-8-4-11(14(17)18)10(7-15)3-9(8)6-13/h3-4,15H,2,5,7H2,1H3. The van der Waals surface area contributed by atoms with E-state index in [1.807, 2.05) is 6.07 Å². The molecule has 0 aliphatic rings. The summed E-state index contributed by atoms with van der Waals surface area (Å²) in [6.07, 6.45) is -0.219. The Morgan fingerprint density at radius 1 is 1.53 bits per heavy atom. The van der Waals surface area contributed by atoms with Crippen LogP contribution >= 0.6 is 0 Å². The predicted molar refractivity (Wildman–Crippen MR) is 64.1 cm³/mol. The van der Waals surface area contributed by atoms with Crippen LogP contribution in [-0.4, -0.2) is 22.6 Å². The quantitative estimate of drug-likeness (QED) is 0.483. The van der Waals surface area contributed by atoms with E-state index in [-0.39, 0.29) is 35.4 Å². The minimum atomic E-state index is -0.665. The Labute approximate surface area is 109 Å². The fraction of sp³-hybridized carbons (Fsp3) is 0.333. The molecule has 0 radical (unpaired) electrons. The van der Waals surface area contributed by atoms with Gasteiger partial charge in [-0.15, -0.1) is 0 Å². The molecular formula is C12H12N2O5. The van der Waals surface area contributed by atoms with Crippen LogP contribution in [0.5, 0.6) is 0 Å². The number of rotatable bonds is 5. The molecule has 0 fully saturated rings. The van der Waals surface area contributed by atoms with E-state index in [0.717, 1.165) is 6.07 Å². The lowest BCUT2D eigenvalue weighted by molar-refractivity contribution is -0.385. The SMILES string of the molecule is CCOC(=O)Cc1cc([N+](=O)[O-])c(CO)cc1C#N. The number of carbonyl (C=O) groups is 1. The van der Waals surface area contributed by atoms with Crippen LogP contribution in [0.1, 0.15) is 23.6 Å². The monoisotopic (exact) mass is 264 g/mol. The molecule has 0 aromatic heterocycles. The van der Waals surface area contributed by atoms with Gasteiger partial charge in [0.25, 0.3) is 5.69 Å². The first kappa shape index (κ1) is 14.6. The van der Waals surface area contributed by atoms with Crippen LogP contribution in [0.4, 0.5) is 5.69 Å². The van der Waals surface area contributed by atoms with Crippen LogP contribution in [0.3, 0.4) is 0 Å². The fourth-order valence-electron chi connectivity index (χ4n) is 1.59. The third-order valence-electron chi connectivity index (χ3n) is 2.43. The van der Waals surface area contributed by atoms with E-state index in [1.165, 1.54) is 6.07 Å². The first-order chi connectivity index (χ1) is 9.03. The van der Waals surface area contributed by atoms with Crippen molar-refractivity contribution in [2.24, 2.45) is 0 Å². The van der Waals surface area contributed by atoms with Crippen LogP contribution in [0.15, 0.2) is 12.1 Å². The van der Waals surface area contributed by atoms with Gasteiger partial charge in [-0.1, -0.05) is 0 Å². The van der Waals surface area contributed by atoms with Gasteiger partial charge >= 0.3 is 5.97 Å². The molecule has 0 heterocycles. The topological polar surface area (TPSA) is 113 Å². The maximum Gasteiger partial charge on any atom is 0.310 e. The first-order valence-corrected chi connectivity index (χ1v) is 5.50. The van der Waals surface area contributed by atoms with Gasteiger partial charge in [0.15, 0.2) is 0 Å². The summed E-state index contributed by atoms with van der Waals surface area (Å²) in [5, 5.41) is 28.8.